The van der Waals surface area contributed by atoms with Crippen molar-refractivity contribution in [3.63, 3.8) is 0 Å². The smallest absolute Gasteiger partial charge is 0.273 e. The molecule has 0 N–H and O–H groups in total. The molecule has 5 aromatic rings. The van der Waals surface area contributed by atoms with E-state index in [4.69, 9.17) is 16.6 Å². The van der Waals surface area contributed by atoms with Crippen molar-refractivity contribution in [3.8, 4) is 17.1 Å². The monoisotopic (exact) mass is 626 g/mol. The number of hydrogen-bond donors (Lipinski definition) is 0. The minimum Gasteiger partial charge on any atom is -0.335 e. The number of carbonyl (C=O) groups excluding carboxylic acids is 1. The number of aromatic nitrogens is 4. The Morgan fingerprint density at radius 1 is 0.953 bits per heavy atom. The number of thiazole rings is 1. The molecule has 218 valence electrons. The minimum absolute atomic E-state index is 0.00388. The van der Waals surface area contributed by atoms with E-state index in [0.717, 1.165) is 41.0 Å². The Labute approximate surface area is 264 Å². The van der Waals surface area contributed by atoms with Crippen molar-refractivity contribution >= 4 is 46.7 Å². The standard InChI is InChI=1S/C33H31ClN6OS2/c1-24-13-15-26(16-14-24)40-31(27-11-5-6-12-28(27)34)36-37-33(40)43-23-30-35-29(22-42-30)32(41)39-20-18-38(19-21-39)17-7-10-25-8-3-2-4-9-25/h2-16,22H,17-21,23H2,1H3. The molecule has 3 heterocycles. The van der Waals surface area contributed by atoms with E-state index in [-0.39, 0.29) is 5.91 Å². The zero-order valence-electron chi connectivity index (χ0n) is 23.8. The van der Waals surface area contributed by atoms with E-state index >= 15 is 0 Å². The second kappa shape index (κ2) is 13.7. The van der Waals surface area contributed by atoms with Crippen LogP contribution < -0.4 is 0 Å². The number of halogens is 1. The van der Waals surface area contributed by atoms with E-state index in [0.29, 0.717) is 35.4 Å². The SMILES string of the molecule is Cc1ccc(-n2c(SCc3nc(C(=O)N4CCN(CC=Cc5ccccc5)CC4)cs3)nnc2-c2ccccc2Cl)cc1. The number of piperazine rings is 1. The minimum atomic E-state index is -0.00388. The van der Waals surface area contributed by atoms with Gasteiger partial charge in [-0.2, -0.15) is 0 Å². The third-order valence-corrected chi connectivity index (χ3v) is 9.57. The molecule has 10 heteroatoms. The van der Waals surface area contributed by atoms with Gasteiger partial charge in [0.05, 0.1) is 10.8 Å². The maximum Gasteiger partial charge on any atom is 0.273 e. The number of benzene rings is 3. The van der Waals surface area contributed by atoms with Crippen molar-refractivity contribution in [2.24, 2.45) is 0 Å². The molecule has 1 fully saturated rings. The summed E-state index contributed by atoms with van der Waals surface area (Å²) in [7, 11) is 0. The second-order valence-electron chi connectivity index (χ2n) is 10.3. The molecule has 1 amide bonds. The molecule has 43 heavy (non-hydrogen) atoms. The van der Waals surface area contributed by atoms with Gasteiger partial charge in [0.15, 0.2) is 11.0 Å². The molecular formula is C33H31ClN6OS2. The van der Waals surface area contributed by atoms with Gasteiger partial charge in [-0.1, -0.05) is 95.7 Å². The topological polar surface area (TPSA) is 67.2 Å². The van der Waals surface area contributed by atoms with Crippen LogP contribution in [-0.4, -0.2) is 68.2 Å². The molecule has 0 saturated carbocycles. The lowest BCUT2D eigenvalue weighted by Gasteiger charge is -2.33. The Kier molecular flexibility index (Phi) is 9.33. The lowest BCUT2D eigenvalue weighted by molar-refractivity contribution is 0.0645. The molecule has 7 nitrogen and oxygen atoms in total. The molecule has 0 aliphatic carbocycles. The summed E-state index contributed by atoms with van der Waals surface area (Å²) >= 11 is 9.58. The highest BCUT2D eigenvalue weighted by Gasteiger charge is 2.24. The molecule has 0 radical (unpaired) electrons. The van der Waals surface area contributed by atoms with E-state index in [1.807, 2.05) is 57.3 Å². The third kappa shape index (κ3) is 7.08. The first-order valence-electron chi connectivity index (χ1n) is 14.1. The predicted octanol–water partition coefficient (Wildman–Crippen LogP) is 7.12. The number of rotatable bonds is 9. The van der Waals surface area contributed by atoms with Gasteiger partial charge in [0, 0.05) is 49.4 Å². The molecule has 2 aromatic heterocycles. The van der Waals surface area contributed by atoms with Crippen LogP contribution in [0.5, 0.6) is 0 Å². The first-order chi connectivity index (χ1) is 21.0. The van der Waals surface area contributed by atoms with Gasteiger partial charge >= 0.3 is 0 Å². The molecule has 1 aliphatic rings. The quantitative estimate of drug-likeness (QED) is 0.162. The van der Waals surface area contributed by atoms with Crippen molar-refractivity contribution in [1.82, 2.24) is 29.5 Å². The van der Waals surface area contributed by atoms with E-state index in [1.54, 1.807) is 11.8 Å². The number of amides is 1. The van der Waals surface area contributed by atoms with Gasteiger partial charge in [-0.15, -0.1) is 21.5 Å². The number of carbonyl (C=O) groups is 1. The molecule has 3 aromatic carbocycles. The normalized spacial score (nSPS) is 14.0. The Hall–Kier alpha value is -3.76. The number of nitrogens with zero attached hydrogens (tertiary/aromatic N) is 6. The summed E-state index contributed by atoms with van der Waals surface area (Å²) in [5.74, 6) is 1.25. The summed E-state index contributed by atoms with van der Waals surface area (Å²) in [6, 6.07) is 26.2. The van der Waals surface area contributed by atoms with Crippen LogP contribution in [0.15, 0.2) is 95.5 Å². The van der Waals surface area contributed by atoms with E-state index < -0.39 is 0 Å². The van der Waals surface area contributed by atoms with Crippen molar-refractivity contribution in [3.05, 3.63) is 117 Å². The van der Waals surface area contributed by atoms with Gasteiger partial charge in [0.2, 0.25) is 0 Å². The number of hydrogen-bond acceptors (Lipinski definition) is 7. The third-order valence-electron chi connectivity index (χ3n) is 7.27. The highest BCUT2D eigenvalue weighted by Crippen LogP contribution is 2.33. The lowest BCUT2D eigenvalue weighted by atomic mass is 10.2. The fourth-order valence-corrected chi connectivity index (χ4v) is 6.86. The highest BCUT2D eigenvalue weighted by molar-refractivity contribution is 7.98. The maximum atomic E-state index is 13.2. The second-order valence-corrected chi connectivity index (χ2v) is 12.6. The first kappa shape index (κ1) is 29.3. The lowest BCUT2D eigenvalue weighted by Crippen LogP contribution is -2.48. The van der Waals surface area contributed by atoms with Crippen LogP contribution in [-0.2, 0) is 5.75 Å². The predicted molar refractivity (Wildman–Crippen MR) is 176 cm³/mol. The molecule has 0 bridgehead atoms. The molecule has 0 spiro atoms. The van der Waals surface area contributed by atoms with Gasteiger partial charge in [0.25, 0.3) is 5.91 Å². The molecular weight excluding hydrogens is 596 g/mol. The fraction of sp³-hybridized carbons (Fsp3) is 0.212. The van der Waals surface area contributed by atoms with Gasteiger partial charge < -0.3 is 4.90 Å². The Morgan fingerprint density at radius 2 is 1.70 bits per heavy atom. The average molecular weight is 627 g/mol. The first-order valence-corrected chi connectivity index (χ1v) is 16.4. The highest BCUT2D eigenvalue weighted by atomic mass is 35.5. The Bertz CT molecular complexity index is 1710. The molecule has 1 saturated heterocycles. The zero-order chi connectivity index (χ0) is 29.6. The fourth-order valence-electron chi connectivity index (χ4n) is 4.91. The van der Waals surface area contributed by atoms with Crippen molar-refractivity contribution in [1.29, 1.82) is 0 Å². The van der Waals surface area contributed by atoms with Crippen LogP contribution >= 0.6 is 34.7 Å². The van der Waals surface area contributed by atoms with Crippen molar-refractivity contribution in [2.75, 3.05) is 32.7 Å². The van der Waals surface area contributed by atoms with Gasteiger partial charge in [-0.25, -0.2) is 4.98 Å². The van der Waals surface area contributed by atoms with Crippen molar-refractivity contribution in [2.45, 2.75) is 17.8 Å². The van der Waals surface area contributed by atoms with Crippen LogP contribution in [0.3, 0.4) is 0 Å². The van der Waals surface area contributed by atoms with E-state index in [2.05, 4.69) is 70.6 Å². The largest absolute Gasteiger partial charge is 0.335 e. The van der Waals surface area contributed by atoms with Crippen LogP contribution in [0.4, 0.5) is 0 Å². The number of thioether (sulfide) groups is 1. The summed E-state index contributed by atoms with van der Waals surface area (Å²) in [5, 5.41) is 13.1. The summed E-state index contributed by atoms with van der Waals surface area (Å²) in [4.78, 5) is 22.2. The Balaban J connectivity index is 1.09. The summed E-state index contributed by atoms with van der Waals surface area (Å²) in [6.45, 7) is 6.03. The molecule has 0 atom stereocenters. The average Bonchev–Trinajstić information content (AvgIpc) is 3.69. The van der Waals surface area contributed by atoms with Crippen LogP contribution in [0.1, 0.15) is 26.6 Å². The van der Waals surface area contributed by atoms with Crippen LogP contribution in [0.25, 0.3) is 23.2 Å². The van der Waals surface area contributed by atoms with Gasteiger partial charge in [-0.05, 0) is 36.8 Å². The summed E-state index contributed by atoms with van der Waals surface area (Å²) in [5.41, 5.74) is 4.66. The van der Waals surface area contributed by atoms with Gasteiger partial charge in [-0.3, -0.25) is 14.3 Å². The summed E-state index contributed by atoms with van der Waals surface area (Å²) in [6.07, 6.45) is 4.33. The zero-order valence-corrected chi connectivity index (χ0v) is 26.2. The molecule has 1 aliphatic heterocycles. The van der Waals surface area contributed by atoms with Gasteiger partial charge in [0.1, 0.15) is 10.7 Å². The van der Waals surface area contributed by atoms with Crippen molar-refractivity contribution < 1.29 is 4.79 Å². The number of aryl methyl sites for hydroxylation is 1. The van der Waals surface area contributed by atoms with Crippen LogP contribution in [0, 0.1) is 6.92 Å². The van der Waals surface area contributed by atoms with Crippen LogP contribution in [0.2, 0.25) is 5.02 Å². The van der Waals surface area contributed by atoms with E-state index in [9.17, 15) is 4.79 Å². The summed E-state index contributed by atoms with van der Waals surface area (Å²) < 4.78 is 2.03. The maximum absolute atomic E-state index is 13.2. The van der Waals surface area contributed by atoms with E-state index in [1.165, 1.54) is 22.5 Å². The Morgan fingerprint density at radius 3 is 2.47 bits per heavy atom. The molecule has 6 rings (SSSR count). The molecule has 0 unspecified atom stereocenters.